The molecule has 1 saturated heterocycles. The number of rotatable bonds is 4. The third kappa shape index (κ3) is 3.16. The highest BCUT2D eigenvalue weighted by Crippen LogP contribution is 2.59. The van der Waals surface area contributed by atoms with Crippen LogP contribution in [-0.4, -0.2) is 28.6 Å². The molecule has 2 fully saturated rings. The molecular weight excluding hydrogens is 382 g/mol. The average molecular weight is 412 g/mol. The Bertz CT molecular complexity index is 914. The summed E-state index contributed by atoms with van der Waals surface area (Å²) in [4.78, 5) is 23.0. The fourth-order valence-electron chi connectivity index (χ4n) is 6.00. The number of carbonyl (C=O) groups is 1. The quantitative estimate of drug-likeness (QED) is 0.753. The molecule has 0 radical (unpaired) electrons. The molecule has 2 aliphatic carbocycles. The largest absolute Gasteiger partial charge is 0.461 e. The predicted octanol–water partition coefficient (Wildman–Crippen LogP) is 4.45. The third-order valence-corrected chi connectivity index (χ3v) is 8.57. The average Bonchev–Trinajstić information content (AvgIpc) is 3.22. The Kier molecular flexibility index (Phi) is 4.65. The number of nitrogens with zero attached hydrogens (tertiary/aromatic N) is 2. The lowest BCUT2D eigenvalue weighted by Gasteiger charge is -2.51. The van der Waals surface area contributed by atoms with Crippen molar-refractivity contribution in [3.63, 3.8) is 0 Å². The van der Waals surface area contributed by atoms with E-state index in [2.05, 4.69) is 30.2 Å². The first-order valence-electron chi connectivity index (χ1n) is 10.8. The molecule has 29 heavy (non-hydrogen) atoms. The van der Waals surface area contributed by atoms with Gasteiger partial charge < -0.3 is 10.1 Å². The van der Waals surface area contributed by atoms with E-state index in [9.17, 15) is 4.79 Å². The van der Waals surface area contributed by atoms with E-state index in [4.69, 9.17) is 9.72 Å². The van der Waals surface area contributed by atoms with Gasteiger partial charge in [0, 0.05) is 47.5 Å². The molecule has 154 valence electrons. The number of fused-ring (bicyclic) bond motifs is 4. The number of carbonyl (C=O) groups excluding carboxylic acids is 1. The van der Waals surface area contributed by atoms with Crippen molar-refractivity contribution in [2.75, 3.05) is 11.9 Å². The molecule has 6 atom stereocenters. The van der Waals surface area contributed by atoms with Gasteiger partial charge in [0.05, 0.1) is 11.6 Å². The van der Waals surface area contributed by atoms with Crippen molar-refractivity contribution in [3.05, 3.63) is 40.7 Å². The molecule has 0 amide bonds. The zero-order valence-electron chi connectivity index (χ0n) is 17.4. The van der Waals surface area contributed by atoms with Gasteiger partial charge in [-0.05, 0) is 36.8 Å². The van der Waals surface area contributed by atoms with Crippen molar-refractivity contribution in [1.82, 2.24) is 9.97 Å². The maximum atomic E-state index is 12.3. The number of esters is 1. The lowest BCUT2D eigenvalue weighted by Crippen LogP contribution is -2.50. The van der Waals surface area contributed by atoms with Crippen LogP contribution in [0, 0.1) is 23.2 Å². The summed E-state index contributed by atoms with van der Waals surface area (Å²) >= 11 is 1.80. The summed E-state index contributed by atoms with van der Waals surface area (Å²) < 4.78 is 5.93. The van der Waals surface area contributed by atoms with E-state index >= 15 is 0 Å². The molecule has 3 aliphatic rings. The molecule has 5 rings (SSSR count). The second-order valence-corrected chi connectivity index (χ2v) is 10.4. The third-order valence-electron chi connectivity index (χ3n) is 7.54. The summed E-state index contributed by atoms with van der Waals surface area (Å²) in [5.41, 5.74) is 2.50. The summed E-state index contributed by atoms with van der Waals surface area (Å²) in [6.45, 7) is 7.56. The van der Waals surface area contributed by atoms with Crippen molar-refractivity contribution in [1.29, 1.82) is 0 Å². The molecule has 1 saturated carbocycles. The standard InChI is InChI=1S/C23H29N3O2S/c1-13-16-7-9-23(3)12-17-19(14(2)18(23)20(16)28-21(13)27)26-22(29-17)25-11-8-15-6-4-5-10-24-15/h4-6,10,13-14,16,18,20H,7-9,11-12H2,1-3H3,(H,25,26)/t13-,14-,16-,18+,20-,23-/m0/s1. The Morgan fingerprint density at radius 1 is 1.31 bits per heavy atom. The first kappa shape index (κ1) is 19.0. The number of nitrogens with one attached hydrogen (secondary N) is 1. The van der Waals surface area contributed by atoms with Crippen LogP contribution in [0.1, 0.15) is 55.8 Å². The lowest BCUT2D eigenvalue weighted by molar-refractivity contribution is -0.149. The molecule has 1 N–H and O–H groups in total. The number of thiazole rings is 1. The van der Waals surface area contributed by atoms with Crippen LogP contribution in [0.5, 0.6) is 0 Å². The zero-order valence-corrected chi connectivity index (χ0v) is 18.2. The number of pyridine rings is 1. The molecule has 0 bridgehead atoms. The van der Waals surface area contributed by atoms with Crippen LogP contribution in [0.3, 0.4) is 0 Å². The molecule has 6 heteroatoms. The van der Waals surface area contributed by atoms with Gasteiger partial charge in [-0.2, -0.15) is 0 Å². The van der Waals surface area contributed by atoms with Crippen LogP contribution in [0.2, 0.25) is 0 Å². The van der Waals surface area contributed by atoms with Gasteiger partial charge in [-0.25, -0.2) is 4.98 Å². The van der Waals surface area contributed by atoms with E-state index < -0.39 is 0 Å². The molecule has 0 unspecified atom stereocenters. The minimum absolute atomic E-state index is 0.00241. The van der Waals surface area contributed by atoms with Gasteiger partial charge in [-0.1, -0.05) is 26.8 Å². The van der Waals surface area contributed by atoms with Crippen molar-refractivity contribution >= 4 is 22.4 Å². The Morgan fingerprint density at radius 3 is 2.97 bits per heavy atom. The van der Waals surface area contributed by atoms with Gasteiger partial charge in [-0.15, -0.1) is 11.3 Å². The Balaban J connectivity index is 1.34. The van der Waals surface area contributed by atoms with Crippen molar-refractivity contribution in [2.24, 2.45) is 23.2 Å². The summed E-state index contributed by atoms with van der Waals surface area (Å²) in [5.74, 6) is 1.09. The second kappa shape index (κ2) is 7.08. The number of ether oxygens (including phenoxy) is 1. The van der Waals surface area contributed by atoms with Crippen LogP contribution in [0.4, 0.5) is 5.13 Å². The van der Waals surface area contributed by atoms with Crippen LogP contribution in [0.25, 0.3) is 0 Å². The van der Waals surface area contributed by atoms with E-state index in [-0.39, 0.29) is 23.4 Å². The van der Waals surface area contributed by atoms with E-state index in [1.165, 1.54) is 17.0 Å². The fraction of sp³-hybridized carbons (Fsp3) is 0.609. The summed E-state index contributed by atoms with van der Waals surface area (Å²) in [7, 11) is 0. The second-order valence-electron chi connectivity index (χ2n) is 9.36. The normalized spacial score (nSPS) is 35.4. The van der Waals surface area contributed by atoms with Gasteiger partial charge in [0.2, 0.25) is 0 Å². The molecule has 0 aromatic carbocycles. The maximum absolute atomic E-state index is 12.3. The zero-order chi connectivity index (χ0) is 20.2. The minimum atomic E-state index is -0.00241. The summed E-state index contributed by atoms with van der Waals surface area (Å²) in [5, 5.41) is 4.51. The molecule has 2 aromatic rings. The topological polar surface area (TPSA) is 64.1 Å². The molecule has 1 aliphatic heterocycles. The fourth-order valence-corrected chi connectivity index (χ4v) is 7.29. The number of hydrogen-bond donors (Lipinski definition) is 1. The highest BCUT2D eigenvalue weighted by molar-refractivity contribution is 7.15. The Labute approximate surface area is 176 Å². The van der Waals surface area contributed by atoms with Crippen LogP contribution < -0.4 is 5.32 Å². The van der Waals surface area contributed by atoms with Gasteiger partial charge in [0.15, 0.2) is 5.13 Å². The summed E-state index contributed by atoms with van der Waals surface area (Å²) in [6, 6.07) is 6.03. The summed E-state index contributed by atoms with van der Waals surface area (Å²) in [6.07, 6.45) is 6.10. The van der Waals surface area contributed by atoms with Crippen molar-refractivity contribution in [3.8, 4) is 0 Å². The molecule has 3 heterocycles. The van der Waals surface area contributed by atoms with Crippen LogP contribution >= 0.6 is 11.3 Å². The van der Waals surface area contributed by atoms with Crippen LogP contribution in [0.15, 0.2) is 24.4 Å². The van der Waals surface area contributed by atoms with Crippen molar-refractivity contribution in [2.45, 2.75) is 58.5 Å². The van der Waals surface area contributed by atoms with Crippen LogP contribution in [-0.2, 0) is 22.4 Å². The van der Waals surface area contributed by atoms with Gasteiger partial charge in [-0.3, -0.25) is 9.78 Å². The highest BCUT2D eigenvalue weighted by atomic mass is 32.1. The first-order valence-corrected chi connectivity index (χ1v) is 11.6. The monoisotopic (exact) mass is 411 g/mol. The minimum Gasteiger partial charge on any atom is -0.461 e. The number of aromatic nitrogens is 2. The van der Waals surface area contributed by atoms with E-state index in [1.54, 1.807) is 11.3 Å². The lowest BCUT2D eigenvalue weighted by atomic mass is 9.54. The molecule has 2 aromatic heterocycles. The highest BCUT2D eigenvalue weighted by Gasteiger charge is 2.58. The Hall–Kier alpha value is -1.95. The predicted molar refractivity (Wildman–Crippen MR) is 114 cm³/mol. The van der Waals surface area contributed by atoms with Gasteiger partial charge >= 0.3 is 5.97 Å². The Morgan fingerprint density at radius 2 is 2.17 bits per heavy atom. The maximum Gasteiger partial charge on any atom is 0.309 e. The molecule has 0 spiro atoms. The smallest absolute Gasteiger partial charge is 0.309 e. The van der Waals surface area contributed by atoms with E-state index in [0.717, 1.165) is 36.6 Å². The number of hydrogen-bond acceptors (Lipinski definition) is 6. The first-order chi connectivity index (χ1) is 14.0. The molecular formula is C23H29N3O2S. The molecule has 5 nitrogen and oxygen atoms in total. The number of anilines is 1. The van der Waals surface area contributed by atoms with Gasteiger partial charge in [0.1, 0.15) is 6.10 Å². The SMILES string of the molecule is C[C@@H]1C(=O)O[C@H]2[C@H]1CC[C@@]1(C)Cc3sc(NCCc4ccccn4)nc3[C@@H](C)[C@H]21. The van der Waals surface area contributed by atoms with E-state index in [1.807, 2.05) is 25.3 Å². The van der Waals surface area contributed by atoms with Crippen molar-refractivity contribution < 1.29 is 9.53 Å². The van der Waals surface area contributed by atoms with E-state index in [0.29, 0.717) is 17.8 Å². The van der Waals surface area contributed by atoms with Gasteiger partial charge in [0.25, 0.3) is 0 Å².